The Bertz CT molecular complexity index is 901. The Morgan fingerprint density at radius 2 is 0.378 bits per heavy atom. The van der Waals surface area contributed by atoms with Gasteiger partial charge in [0.05, 0.1) is 26.4 Å². The minimum absolute atomic E-state index is 0.220. The first kappa shape index (κ1) is 88.0. The summed E-state index contributed by atoms with van der Waals surface area (Å²) in [7, 11) is 0. The molecule has 8 N–H and O–H groups in total. The second-order valence-electron chi connectivity index (χ2n) is 23.9. The van der Waals surface area contributed by atoms with Crippen molar-refractivity contribution in [3.63, 3.8) is 0 Å². The van der Waals surface area contributed by atoms with Gasteiger partial charge in [-0.2, -0.15) is 0 Å². The molecule has 0 unspecified atom stereocenters. The SMILES string of the molecule is CCCCCCCCCC.CCCCCCCCCC.CCCCCCCCCC.CCCCCCCCCC.OCCN1CCCNCCCN(CCO)CCNCCC1.OCCN1CCCNCCCNCCCN(CCO)CC1. The van der Waals surface area contributed by atoms with Crippen molar-refractivity contribution in [2.75, 3.05) is 157 Å². The Hall–Kier alpha value is -0.480. The van der Waals surface area contributed by atoms with E-state index in [0.717, 1.165) is 163 Å². The van der Waals surface area contributed by atoms with E-state index in [1.807, 2.05) is 0 Å². The normalized spacial score (nSPS) is 16.5. The molecule has 0 aromatic heterocycles. The monoisotopic (exact) mass is 1170 g/mol. The van der Waals surface area contributed by atoms with Gasteiger partial charge in [0.1, 0.15) is 0 Å². The molecule has 0 atom stereocenters. The highest BCUT2D eigenvalue weighted by Gasteiger charge is 2.10. The van der Waals surface area contributed by atoms with Crippen molar-refractivity contribution in [1.29, 1.82) is 0 Å². The third-order valence-corrected chi connectivity index (χ3v) is 15.7. The van der Waals surface area contributed by atoms with Crippen molar-refractivity contribution < 1.29 is 20.4 Å². The molecule has 2 saturated heterocycles. The second-order valence-corrected chi connectivity index (χ2v) is 23.9. The summed E-state index contributed by atoms with van der Waals surface area (Å²) in [5.41, 5.74) is 0. The Kier molecular flexibility index (Phi) is 90.9. The Balaban J connectivity index is -0.000000464. The Morgan fingerprint density at radius 1 is 0.207 bits per heavy atom. The maximum absolute atomic E-state index is 9.18. The molecule has 2 aliphatic rings. The van der Waals surface area contributed by atoms with Crippen LogP contribution in [0.15, 0.2) is 0 Å². The van der Waals surface area contributed by atoms with E-state index in [0.29, 0.717) is 0 Å². The van der Waals surface area contributed by atoms with E-state index >= 15 is 0 Å². The van der Waals surface area contributed by atoms with E-state index in [9.17, 15) is 10.2 Å². The lowest BCUT2D eigenvalue weighted by atomic mass is 10.1. The molecule has 0 bridgehead atoms. The molecule has 0 aliphatic carbocycles. The lowest BCUT2D eigenvalue weighted by molar-refractivity contribution is 0.149. The van der Waals surface area contributed by atoms with Gasteiger partial charge in [-0.05, 0) is 117 Å². The zero-order chi connectivity index (χ0) is 61.0. The molecule has 0 radical (unpaired) electrons. The Morgan fingerprint density at radius 3 is 0.585 bits per heavy atom. The van der Waals surface area contributed by atoms with Crippen molar-refractivity contribution in [1.82, 2.24) is 40.9 Å². The van der Waals surface area contributed by atoms with E-state index in [1.165, 1.54) is 212 Å². The lowest BCUT2D eigenvalue weighted by Gasteiger charge is -2.27. The van der Waals surface area contributed by atoms with Crippen molar-refractivity contribution >= 4 is 0 Å². The molecule has 0 spiro atoms. The fraction of sp³-hybridized carbons (Fsp3) is 1.00. The van der Waals surface area contributed by atoms with Gasteiger partial charge in [-0.25, -0.2) is 0 Å². The van der Waals surface area contributed by atoms with Gasteiger partial charge in [-0.3, -0.25) is 14.7 Å². The van der Waals surface area contributed by atoms with Crippen LogP contribution in [0.5, 0.6) is 0 Å². The summed E-state index contributed by atoms with van der Waals surface area (Å²) < 4.78 is 0. The maximum Gasteiger partial charge on any atom is 0.0558 e. The lowest BCUT2D eigenvalue weighted by Crippen LogP contribution is -2.39. The van der Waals surface area contributed by atoms with Gasteiger partial charge in [0, 0.05) is 52.4 Å². The van der Waals surface area contributed by atoms with Gasteiger partial charge in [-0.1, -0.05) is 261 Å². The summed E-state index contributed by atoms with van der Waals surface area (Å²) >= 11 is 0. The first-order valence-corrected chi connectivity index (χ1v) is 36.5. The molecular weight excluding hydrogens is 1020 g/mol. The number of hydrogen-bond donors (Lipinski definition) is 8. The van der Waals surface area contributed by atoms with E-state index in [1.54, 1.807) is 0 Å². The van der Waals surface area contributed by atoms with Crippen LogP contribution in [0, 0.1) is 0 Å². The summed E-state index contributed by atoms with van der Waals surface area (Å²) in [6.45, 7) is 38.6. The molecule has 0 aromatic rings. The molecule has 0 saturated carbocycles. The van der Waals surface area contributed by atoms with Crippen LogP contribution in [0.3, 0.4) is 0 Å². The number of nitrogens with one attached hydrogen (secondary N) is 4. The molecule has 12 nitrogen and oxygen atoms in total. The fourth-order valence-corrected chi connectivity index (χ4v) is 10.2. The number of β-amino-alcohol motifs (C(OH)–C–C–N with tert-alkyl or cyclic N) is 4. The molecule has 82 heavy (non-hydrogen) atoms. The summed E-state index contributed by atoms with van der Waals surface area (Å²) in [6.07, 6.45) is 52.6. The zero-order valence-corrected chi connectivity index (χ0v) is 57.4. The average molecular weight is 1170 g/mol. The molecule has 0 aromatic carbocycles. The van der Waals surface area contributed by atoms with Gasteiger partial charge in [0.15, 0.2) is 0 Å². The van der Waals surface area contributed by atoms with E-state index < -0.39 is 0 Å². The topological polar surface area (TPSA) is 142 Å². The van der Waals surface area contributed by atoms with Gasteiger partial charge >= 0.3 is 0 Å². The van der Waals surface area contributed by atoms with Crippen molar-refractivity contribution in [3.05, 3.63) is 0 Å². The molecule has 2 fully saturated rings. The highest BCUT2D eigenvalue weighted by Crippen LogP contribution is 2.11. The number of unbranched alkanes of at least 4 members (excludes halogenated alkanes) is 28. The number of hydrogen-bond acceptors (Lipinski definition) is 12. The summed E-state index contributed by atoms with van der Waals surface area (Å²) in [6, 6.07) is 0. The van der Waals surface area contributed by atoms with Crippen LogP contribution in [0.1, 0.15) is 299 Å². The maximum atomic E-state index is 9.18. The first-order chi connectivity index (χ1) is 40.4. The highest BCUT2D eigenvalue weighted by atomic mass is 16.3. The molecule has 500 valence electrons. The number of aliphatic hydroxyl groups is 4. The first-order valence-electron chi connectivity index (χ1n) is 36.5. The van der Waals surface area contributed by atoms with Crippen LogP contribution < -0.4 is 21.3 Å². The third-order valence-electron chi connectivity index (χ3n) is 15.7. The van der Waals surface area contributed by atoms with E-state index in [4.69, 9.17) is 10.2 Å². The standard InChI is InChI=1S/2C15H34N4O2.4C10H22/c20-14-12-18-8-1-4-16-5-2-10-19(13-15-21)11-7-17-6-3-9-18;20-14-12-18-8-2-6-16-4-1-5-17-7-3-9-19(11-10-18)13-15-21;4*1-3-5-7-9-10-8-6-4-2/h2*16-17,20-21H,1-15H2;4*3-10H2,1-2H3. The van der Waals surface area contributed by atoms with Crippen LogP contribution in [0.25, 0.3) is 0 Å². The third kappa shape index (κ3) is 81.6. The van der Waals surface area contributed by atoms with Crippen molar-refractivity contribution in [3.8, 4) is 0 Å². The molecule has 2 aliphatic heterocycles. The average Bonchev–Trinajstić information content (AvgIpc) is 3.50. The number of nitrogens with zero attached hydrogens (tertiary/aromatic N) is 4. The minimum Gasteiger partial charge on any atom is -0.395 e. The highest BCUT2D eigenvalue weighted by molar-refractivity contribution is 4.68. The molecular formula is C70H156N8O4. The largest absolute Gasteiger partial charge is 0.395 e. The zero-order valence-electron chi connectivity index (χ0n) is 57.4. The van der Waals surface area contributed by atoms with Gasteiger partial charge < -0.3 is 46.6 Å². The summed E-state index contributed by atoms with van der Waals surface area (Å²) in [4.78, 5) is 9.32. The van der Waals surface area contributed by atoms with Gasteiger partial charge in [0.2, 0.25) is 0 Å². The molecule has 2 heterocycles. The minimum atomic E-state index is 0.220. The molecule has 12 heteroatoms. The molecule has 2 rings (SSSR count). The predicted octanol–water partition coefficient (Wildman–Crippen LogP) is 14.5. The second kappa shape index (κ2) is 84.7. The summed E-state index contributed by atoms with van der Waals surface area (Å²) in [5.74, 6) is 0. The fourth-order valence-electron chi connectivity index (χ4n) is 10.2. The van der Waals surface area contributed by atoms with Crippen molar-refractivity contribution in [2.45, 2.75) is 299 Å². The van der Waals surface area contributed by atoms with Crippen molar-refractivity contribution in [2.24, 2.45) is 0 Å². The van der Waals surface area contributed by atoms with Crippen LogP contribution in [0.2, 0.25) is 0 Å². The molecule has 0 amide bonds. The van der Waals surface area contributed by atoms with E-state index in [2.05, 4.69) is 96.3 Å². The predicted molar refractivity (Wildman–Crippen MR) is 366 cm³/mol. The number of aliphatic hydroxyl groups excluding tert-OH is 4. The van der Waals surface area contributed by atoms with Crippen LogP contribution in [0.4, 0.5) is 0 Å². The van der Waals surface area contributed by atoms with Crippen LogP contribution in [-0.2, 0) is 0 Å². The quantitative estimate of drug-likeness (QED) is 0.0283. The number of rotatable bonds is 36. The van der Waals surface area contributed by atoms with E-state index in [-0.39, 0.29) is 26.4 Å². The summed E-state index contributed by atoms with van der Waals surface area (Å²) in [5, 5.41) is 50.5. The van der Waals surface area contributed by atoms with Gasteiger partial charge in [-0.15, -0.1) is 0 Å². The van der Waals surface area contributed by atoms with Gasteiger partial charge in [0.25, 0.3) is 0 Å². The smallest absolute Gasteiger partial charge is 0.0558 e. The van der Waals surface area contributed by atoms with Crippen LogP contribution in [-0.4, -0.2) is 197 Å². The van der Waals surface area contributed by atoms with Crippen LogP contribution >= 0.6 is 0 Å². The Labute approximate surface area is 515 Å².